The molecule has 10 N–H and O–H groups in total. The van der Waals surface area contributed by atoms with Crippen LogP contribution in [0.25, 0.3) is 22.3 Å². The molecule has 0 spiro atoms. The Kier molecular flexibility index (Phi) is 14.7. The molecular weight excluding hydrogens is 1040 g/mol. The molecular formula is C49H66N24O7. The first-order valence-electron chi connectivity index (χ1n) is 27.3. The summed E-state index contributed by atoms with van der Waals surface area (Å²) in [6, 6.07) is -3.13. The maximum absolute atomic E-state index is 14.3. The third-order valence-electron chi connectivity index (χ3n) is 15.9. The van der Waals surface area contributed by atoms with Gasteiger partial charge in [-0.2, -0.15) is 49.9 Å². The van der Waals surface area contributed by atoms with Gasteiger partial charge in [0, 0.05) is 89.7 Å². The van der Waals surface area contributed by atoms with Crippen LogP contribution in [-0.4, -0.2) is 210 Å². The zero-order valence-electron chi connectivity index (χ0n) is 44.2. The van der Waals surface area contributed by atoms with Crippen LogP contribution in [0.1, 0.15) is 86.5 Å². The standard InChI is InChI=1S/C49H66N24O7/c1-3-66-17-27(52-23-66)5-9-50-47-60-43(37-45(62-47)70(25-54-37)33-13-35(41(78)39(33)76)72-56-15-31(21-74)64-72)58-29-7-11-68(19-29)49(80)69-12-8-30(20-69)59-44-38-46(63-48(61-44)51-10-6-28-18-67(4-2)24-53-28)71(26-55-38)34-14-36(42(79)40(34)77)73-57-16-32(22-75)65-73/h15-18,23-26,29-30,33-36,39-42,74-79H,3-14,19-22H2,1-2H3,(H2,50,58,60,62)(H2,51,59,61,63)/t29-,30-,33-,34-,35+,36+,39+,40+,41-,42-/m1/s1. The highest BCUT2D eigenvalue weighted by Crippen LogP contribution is 2.41. The number of amides is 2. The number of carbonyl (C=O) groups is 1. The van der Waals surface area contributed by atoms with Crippen LogP contribution in [0.2, 0.25) is 0 Å². The van der Waals surface area contributed by atoms with Crippen LogP contribution in [-0.2, 0) is 39.1 Å². The molecule has 12 rings (SSSR count). The van der Waals surface area contributed by atoms with Crippen molar-refractivity contribution < 1.29 is 35.4 Å². The van der Waals surface area contributed by atoms with Gasteiger partial charge in [0.25, 0.3) is 0 Å². The highest BCUT2D eigenvalue weighted by Gasteiger charge is 2.47. The van der Waals surface area contributed by atoms with Crippen LogP contribution >= 0.6 is 0 Å². The molecule has 31 heteroatoms. The smallest absolute Gasteiger partial charge is 0.320 e. The lowest BCUT2D eigenvalue weighted by atomic mass is 10.2. The van der Waals surface area contributed by atoms with Crippen LogP contribution in [0.15, 0.2) is 50.1 Å². The number of aliphatic hydroxyl groups is 6. The minimum Gasteiger partial charge on any atom is -0.390 e. The summed E-state index contributed by atoms with van der Waals surface area (Å²) in [5.74, 6) is 1.55. The lowest BCUT2D eigenvalue weighted by Gasteiger charge is -2.25. The first-order chi connectivity index (χ1) is 38.9. The number of hydrogen-bond donors (Lipinski definition) is 10. The quantitative estimate of drug-likeness (QED) is 0.0459. The number of carbonyl (C=O) groups excluding carboxylic acids is 1. The summed E-state index contributed by atoms with van der Waals surface area (Å²) in [6.07, 6.45) is 11.8. The SMILES string of the molecule is CCn1cnc(CCNc2nc(N[C@@H]3CCN(C(=O)N4CC[C@@H](Nc5nc(NCCc6cn(CC)cn6)nc6c5ncn6[C@@H]5C[C@H](n6ncc(CO)n6)[C@@H](O)[C@H]5O)C4)C3)c3ncn([C@@H]4C[C@H](n5ncc(CO)n5)[C@@H](O)[C@H]4O)c3n2)c1. The van der Waals surface area contributed by atoms with Crippen molar-refractivity contribution in [2.45, 2.75) is 139 Å². The molecule has 2 aliphatic carbocycles. The Morgan fingerprint density at radius 3 is 1.41 bits per heavy atom. The van der Waals surface area contributed by atoms with Crippen molar-refractivity contribution >= 4 is 51.9 Å². The van der Waals surface area contributed by atoms with Crippen LogP contribution in [0, 0.1) is 0 Å². The average molecular weight is 1100 g/mol. The lowest BCUT2D eigenvalue weighted by molar-refractivity contribution is 0.00491. The maximum Gasteiger partial charge on any atom is 0.320 e. The lowest BCUT2D eigenvalue weighted by Crippen LogP contribution is -2.42. The molecule has 4 fully saturated rings. The Labute approximate surface area is 456 Å². The Morgan fingerprint density at radius 2 is 1.01 bits per heavy atom. The molecule has 8 aromatic heterocycles. The number of rotatable bonds is 20. The molecule has 2 amide bonds. The van der Waals surface area contributed by atoms with Gasteiger partial charge in [0.2, 0.25) is 11.9 Å². The number of aryl methyl sites for hydroxylation is 2. The van der Waals surface area contributed by atoms with Gasteiger partial charge in [0.1, 0.15) is 47.9 Å². The van der Waals surface area contributed by atoms with Gasteiger partial charge in [-0.05, 0) is 39.5 Å². The molecule has 4 aliphatic rings. The molecule has 10 heterocycles. The molecule has 31 nitrogen and oxygen atoms in total. The molecule has 8 aromatic rings. The van der Waals surface area contributed by atoms with E-state index in [-0.39, 0.29) is 44.2 Å². The van der Waals surface area contributed by atoms with Gasteiger partial charge in [0.15, 0.2) is 34.0 Å². The first-order valence-corrected chi connectivity index (χ1v) is 27.3. The fourth-order valence-electron chi connectivity index (χ4n) is 11.5. The van der Waals surface area contributed by atoms with E-state index >= 15 is 0 Å². The van der Waals surface area contributed by atoms with Crippen molar-refractivity contribution in [3.63, 3.8) is 0 Å². The molecule has 0 unspecified atom stereocenters. The summed E-state index contributed by atoms with van der Waals surface area (Å²) in [4.78, 5) is 58.7. The van der Waals surface area contributed by atoms with Crippen LogP contribution in [0.5, 0.6) is 0 Å². The number of likely N-dealkylation sites (tertiary alicyclic amines) is 2. The van der Waals surface area contributed by atoms with Gasteiger partial charge < -0.3 is 80.0 Å². The van der Waals surface area contributed by atoms with Crippen LogP contribution < -0.4 is 21.3 Å². The Hall–Kier alpha value is -7.97. The largest absolute Gasteiger partial charge is 0.390 e. The van der Waals surface area contributed by atoms with Crippen molar-refractivity contribution in [1.29, 1.82) is 0 Å². The third kappa shape index (κ3) is 10.3. The van der Waals surface area contributed by atoms with Crippen molar-refractivity contribution in [2.24, 2.45) is 0 Å². The van der Waals surface area contributed by atoms with Crippen molar-refractivity contribution in [1.82, 2.24) is 97.9 Å². The number of anilines is 4. The number of imidazole rings is 4. The topological polar surface area (TPSA) is 377 Å². The summed E-state index contributed by atoms with van der Waals surface area (Å²) in [5, 5.41) is 95.4. The van der Waals surface area contributed by atoms with Crippen molar-refractivity contribution in [3.05, 3.63) is 72.9 Å². The summed E-state index contributed by atoms with van der Waals surface area (Å²) in [7, 11) is 0. The summed E-state index contributed by atoms with van der Waals surface area (Å²) >= 11 is 0. The average Bonchev–Trinajstić information content (AvgIpc) is 4.34. The molecule has 0 aromatic carbocycles. The van der Waals surface area contributed by atoms with E-state index in [9.17, 15) is 35.4 Å². The number of aromatic nitrogens is 18. The second-order valence-electron chi connectivity index (χ2n) is 21.0. The zero-order chi connectivity index (χ0) is 55.2. The van der Waals surface area contributed by atoms with Crippen molar-refractivity contribution in [2.75, 3.05) is 60.5 Å². The second-order valence-corrected chi connectivity index (χ2v) is 21.0. The van der Waals surface area contributed by atoms with Gasteiger partial charge in [0.05, 0.1) is 74.4 Å². The zero-order valence-corrected chi connectivity index (χ0v) is 44.2. The summed E-state index contributed by atoms with van der Waals surface area (Å²) in [5.41, 5.74) is 4.30. The molecule has 2 saturated carbocycles. The Morgan fingerprint density at radius 1 is 0.575 bits per heavy atom. The minimum atomic E-state index is -1.21. The summed E-state index contributed by atoms with van der Waals surface area (Å²) in [6.45, 7) is 7.83. The predicted molar refractivity (Wildman–Crippen MR) is 285 cm³/mol. The first kappa shape index (κ1) is 52.7. The van der Waals surface area contributed by atoms with Gasteiger partial charge in [-0.25, -0.2) is 24.7 Å². The third-order valence-corrected chi connectivity index (χ3v) is 15.9. The van der Waals surface area contributed by atoms with Gasteiger partial charge in [-0.3, -0.25) is 0 Å². The fraction of sp³-hybridized carbons (Fsp3) is 0.571. The normalized spacial score (nSPS) is 25.0. The van der Waals surface area contributed by atoms with E-state index < -0.39 is 48.6 Å². The van der Waals surface area contributed by atoms with E-state index in [0.29, 0.717) is 122 Å². The minimum absolute atomic E-state index is 0.101. The van der Waals surface area contributed by atoms with Gasteiger partial charge >= 0.3 is 6.03 Å². The highest BCUT2D eigenvalue weighted by atomic mass is 16.3. The van der Waals surface area contributed by atoms with Crippen LogP contribution in [0.3, 0.4) is 0 Å². The number of nitrogens with one attached hydrogen (secondary N) is 4. The van der Waals surface area contributed by atoms with Crippen LogP contribution in [0.4, 0.5) is 28.3 Å². The Bertz CT molecular complexity index is 3220. The molecule has 2 aliphatic heterocycles. The van der Waals surface area contributed by atoms with E-state index in [1.807, 2.05) is 31.3 Å². The number of urea groups is 1. The monoisotopic (exact) mass is 1100 g/mol. The second kappa shape index (κ2) is 22.3. The van der Waals surface area contributed by atoms with E-state index in [4.69, 9.17) is 29.9 Å². The van der Waals surface area contributed by atoms with E-state index in [1.165, 1.54) is 22.0 Å². The highest BCUT2D eigenvalue weighted by molar-refractivity contribution is 5.86. The van der Waals surface area contributed by atoms with Gasteiger partial charge in [-0.15, -0.1) is 0 Å². The molecule has 0 radical (unpaired) electrons. The Balaban J connectivity index is 0.739. The van der Waals surface area contributed by atoms with E-state index in [2.05, 4.69) is 65.5 Å². The molecule has 10 atom stereocenters. The van der Waals surface area contributed by atoms with Gasteiger partial charge in [-0.1, -0.05) is 0 Å². The molecule has 80 heavy (non-hydrogen) atoms. The fourth-order valence-corrected chi connectivity index (χ4v) is 11.5. The molecule has 2 saturated heterocycles. The van der Waals surface area contributed by atoms with E-state index in [1.54, 1.807) is 34.4 Å². The number of nitrogens with zero attached hydrogens (tertiary/aromatic N) is 20. The molecule has 0 bridgehead atoms. The summed E-state index contributed by atoms with van der Waals surface area (Å²) < 4.78 is 7.51. The maximum atomic E-state index is 14.3. The predicted octanol–water partition coefficient (Wildman–Crippen LogP) is -0.516. The number of fused-ring (bicyclic) bond motifs is 2. The van der Waals surface area contributed by atoms with Crippen molar-refractivity contribution in [3.8, 4) is 0 Å². The molecule has 424 valence electrons. The van der Waals surface area contributed by atoms with E-state index in [0.717, 1.165) is 24.5 Å². The number of aliphatic hydroxyl groups excluding tert-OH is 6. The number of hydrogen-bond acceptors (Lipinski definition) is 23.